The second kappa shape index (κ2) is 3.38. The molecule has 0 bridgehead atoms. The summed E-state index contributed by atoms with van der Waals surface area (Å²) in [5, 5.41) is 0. The number of hydrogen-bond donors (Lipinski definition) is 3. The lowest BCUT2D eigenvalue weighted by Gasteiger charge is -1.95. The summed E-state index contributed by atoms with van der Waals surface area (Å²) in [4.78, 5) is 6.31. The molecule has 0 unspecified atom stereocenters. The number of nitrogens with two attached hydrogens (primary N) is 2. The Labute approximate surface area is 69.1 Å². The highest BCUT2D eigenvalue weighted by atomic mass is 35.5. The lowest BCUT2D eigenvalue weighted by atomic mass is 10.5. The molecule has 56 valence electrons. The molecule has 0 fully saturated rings. The van der Waals surface area contributed by atoms with Crippen molar-refractivity contribution in [2.45, 2.75) is 0 Å². The fourth-order valence-electron chi connectivity index (χ4n) is 0.423. The van der Waals surface area contributed by atoms with Gasteiger partial charge in [0.05, 0.1) is 6.33 Å². The number of hydrogen-bond acceptors (Lipinski definition) is 4. The zero-order chi connectivity index (χ0) is 6.85. The largest absolute Gasteiger partial charge is 0.393 e. The maximum Gasteiger partial charge on any atom is 0.154 e. The first-order valence-corrected chi connectivity index (χ1v) is 2.71. The molecule has 1 aromatic heterocycles. The number of aromatic amines is 1. The van der Waals surface area contributed by atoms with Crippen LogP contribution in [0, 0.1) is 4.64 Å². The molecule has 1 aromatic rings. The van der Waals surface area contributed by atoms with Crippen molar-refractivity contribution in [1.29, 1.82) is 0 Å². The second-order valence-electron chi connectivity index (χ2n) is 1.54. The van der Waals surface area contributed by atoms with Crippen LogP contribution in [0.2, 0.25) is 0 Å². The lowest BCUT2D eigenvalue weighted by molar-refractivity contribution is 1.16. The number of nitrogen functional groups attached to an aromatic ring is 2. The average molecular weight is 179 g/mol. The van der Waals surface area contributed by atoms with E-state index in [1.54, 1.807) is 0 Å². The molecular weight excluding hydrogens is 172 g/mol. The van der Waals surface area contributed by atoms with Crippen molar-refractivity contribution < 1.29 is 0 Å². The third-order valence-electron chi connectivity index (χ3n) is 0.922. The van der Waals surface area contributed by atoms with Gasteiger partial charge in [-0.1, -0.05) is 12.2 Å². The van der Waals surface area contributed by atoms with Gasteiger partial charge in [0, 0.05) is 0 Å². The third-order valence-corrected chi connectivity index (χ3v) is 1.25. The van der Waals surface area contributed by atoms with E-state index in [-0.39, 0.29) is 12.4 Å². The van der Waals surface area contributed by atoms with Crippen molar-refractivity contribution in [2.75, 3.05) is 11.5 Å². The molecule has 10 heavy (non-hydrogen) atoms. The van der Waals surface area contributed by atoms with Gasteiger partial charge in [-0.05, 0) is 0 Å². The maximum atomic E-state index is 5.36. The van der Waals surface area contributed by atoms with Crippen LogP contribution in [0.25, 0.3) is 0 Å². The predicted molar refractivity (Wildman–Crippen MR) is 45.5 cm³/mol. The fourth-order valence-corrected chi connectivity index (χ4v) is 0.586. The molecule has 0 aliphatic heterocycles. The zero-order valence-electron chi connectivity index (χ0n) is 5.00. The van der Waals surface area contributed by atoms with Crippen molar-refractivity contribution in [2.24, 2.45) is 0 Å². The van der Waals surface area contributed by atoms with Crippen molar-refractivity contribution in [3.05, 3.63) is 11.0 Å². The average Bonchev–Trinajstić information content (AvgIpc) is 1.83. The monoisotopic (exact) mass is 178 g/mol. The van der Waals surface area contributed by atoms with E-state index in [0.29, 0.717) is 16.1 Å². The minimum atomic E-state index is 0. The summed E-state index contributed by atoms with van der Waals surface area (Å²) < 4.78 is 0.339. The molecule has 0 aromatic carbocycles. The molecule has 0 aliphatic carbocycles. The highest BCUT2D eigenvalue weighted by Crippen LogP contribution is 2.07. The maximum absolute atomic E-state index is 5.36. The van der Waals surface area contributed by atoms with Gasteiger partial charge in [-0.15, -0.1) is 12.4 Å². The molecule has 0 saturated carbocycles. The Kier molecular flexibility index (Phi) is 3.11. The number of H-pyrrole nitrogens is 1. The molecule has 1 rings (SSSR count). The summed E-state index contributed by atoms with van der Waals surface area (Å²) in [5.74, 6) is 0.370. The first kappa shape index (κ1) is 9.19. The van der Waals surface area contributed by atoms with Gasteiger partial charge in [0.25, 0.3) is 0 Å². The molecule has 6 heteroatoms. The highest BCUT2D eigenvalue weighted by molar-refractivity contribution is 7.71. The highest BCUT2D eigenvalue weighted by Gasteiger charge is 1.92. The van der Waals surface area contributed by atoms with Gasteiger partial charge < -0.3 is 16.5 Å². The summed E-state index contributed by atoms with van der Waals surface area (Å²) >= 11 is 4.70. The van der Waals surface area contributed by atoms with Gasteiger partial charge in [0.15, 0.2) is 4.64 Å². The number of halogens is 1. The van der Waals surface area contributed by atoms with Crippen LogP contribution >= 0.6 is 24.6 Å². The predicted octanol–water partition coefficient (Wildman–Crippen LogP) is 0.725. The Balaban J connectivity index is 0.000000810. The second-order valence-corrected chi connectivity index (χ2v) is 1.92. The van der Waals surface area contributed by atoms with E-state index in [0.717, 1.165) is 0 Å². The first-order chi connectivity index (χ1) is 4.22. The van der Waals surface area contributed by atoms with Crippen molar-refractivity contribution in [3.63, 3.8) is 0 Å². The first-order valence-electron chi connectivity index (χ1n) is 2.30. The standard InChI is InChI=1S/C4H6N4S.ClH/c5-2-3(6)7-1-8-4(2)9;/h1H,5H2,(H3,6,7,8,9);1H. The topological polar surface area (TPSA) is 80.7 Å². The van der Waals surface area contributed by atoms with Crippen LogP contribution in [0.5, 0.6) is 0 Å². The van der Waals surface area contributed by atoms with Crippen LogP contribution in [-0.2, 0) is 0 Å². The van der Waals surface area contributed by atoms with E-state index in [1.165, 1.54) is 6.33 Å². The quantitative estimate of drug-likeness (QED) is 0.512. The molecule has 0 aliphatic rings. The van der Waals surface area contributed by atoms with Gasteiger partial charge in [-0.25, -0.2) is 4.98 Å². The summed E-state index contributed by atoms with van der Waals surface area (Å²) in [6.45, 7) is 0. The number of rotatable bonds is 0. The van der Waals surface area contributed by atoms with Crippen LogP contribution in [0.15, 0.2) is 6.33 Å². The number of nitrogens with one attached hydrogen (secondary N) is 1. The molecule has 0 radical (unpaired) electrons. The van der Waals surface area contributed by atoms with E-state index in [2.05, 4.69) is 9.97 Å². The summed E-state index contributed by atoms with van der Waals surface area (Å²) in [5.41, 5.74) is 11.0. The van der Waals surface area contributed by atoms with Gasteiger partial charge in [0.2, 0.25) is 0 Å². The number of anilines is 2. The van der Waals surface area contributed by atoms with Crippen LogP contribution in [0.3, 0.4) is 0 Å². The van der Waals surface area contributed by atoms with Crippen molar-refractivity contribution in [3.8, 4) is 0 Å². The van der Waals surface area contributed by atoms with Crippen LogP contribution in [-0.4, -0.2) is 9.97 Å². The van der Waals surface area contributed by atoms with E-state index in [1.807, 2.05) is 0 Å². The van der Waals surface area contributed by atoms with Gasteiger partial charge in [0.1, 0.15) is 11.5 Å². The number of aromatic nitrogens is 2. The zero-order valence-corrected chi connectivity index (χ0v) is 6.63. The molecular formula is C4H7ClN4S. The van der Waals surface area contributed by atoms with Crippen molar-refractivity contribution >= 4 is 36.1 Å². The Morgan fingerprint density at radius 2 is 2.10 bits per heavy atom. The fraction of sp³-hybridized carbons (Fsp3) is 0. The van der Waals surface area contributed by atoms with Gasteiger partial charge in [-0.2, -0.15) is 0 Å². The molecule has 0 atom stereocenters. The Hall–Kier alpha value is -0.810. The van der Waals surface area contributed by atoms with Gasteiger partial charge >= 0.3 is 0 Å². The Morgan fingerprint density at radius 3 is 2.50 bits per heavy atom. The van der Waals surface area contributed by atoms with E-state index in [9.17, 15) is 0 Å². The summed E-state index contributed by atoms with van der Waals surface area (Å²) in [7, 11) is 0. The minimum absolute atomic E-state index is 0. The van der Waals surface area contributed by atoms with E-state index < -0.39 is 0 Å². The Morgan fingerprint density at radius 1 is 1.50 bits per heavy atom. The van der Waals surface area contributed by atoms with Crippen molar-refractivity contribution in [1.82, 2.24) is 9.97 Å². The molecule has 1 heterocycles. The van der Waals surface area contributed by atoms with E-state index in [4.69, 9.17) is 23.7 Å². The minimum Gasteiger partial charge on any atom is -0.393 e. The SMILES string of the molecule is Cl.Nc1[nH]cnc(=S)c1N. The normalized spacial score (nSPS) is 8.40. The van der Waals surface area contributed by atoms with Crippen LogP contribution in [0.1, 0.15) is 0 Å². The number of nitrogens with zero attached hydrogens (tertiary/aromatic N) is 1. The Bertz CT molecular complexity index is 270. The molecule has 4 nitrogen and oxygen atoms in total. The summed E-state index contributed by atoms with van der Waals surface area (Å²) in [6, 6.07) is 0. The molecule has 0 saturated heterocycles. The van der Waals surface area contributed by atoms with Gasteiger partial charge in [-0.3, -0.25) is 0 Å². The molecule has 0 spiro atoms. The van der Waals surface area contributed by atoms with Crippen LogP contribution < -0.4 is 11.5 Å². The molecule has 5 N–H and O–H groups in total. The van der Waals surface area contributed by atoms with Crippen LogP contribution in [0.4, 0.5) is 11.5 Å². The third kappa shape index (κ3) is 1.58. The van der Waals surface area contributed by atoms with E-state index >= 15 is 0 Å². The smallest absolute Gasteiger partial charge is 0.154 e. The lowest BCUT2D eigenvalue weighted by Crippen LogP contribution is -1.98. The summed E-state index contributed by atoms with van der Waals surface area (Å²) in [6.07, 6.45) is 1.41. The molecule has 0 amide bonds.